The monoisotopic (exact) mass is 450 g/mol. The van der Waals surface area contributed by atoms with Crippen LogP contribution in [0.1, 0.15) is 11.1 Å². The number of halogens is 1. The van der Waals surface area contributed by atoms with Gasteiger partial charge in [-0.15, -0.1) is 0 Å². The number of ether oxygens (including phenoxy) is 1. The Kier molecular flexibility index (Phi) is 5.14. The van der Waals surface area contributed by atoms with Crippen molar-refractivity contribution in [2.45, 2.75) is 6.61 Å². The molecule has 1 aliphatic heterocycles. The van der Waals surface area contributed by atoms with Gasteiger partial charge < -0.3 is 4.74 Å². The van der Waals surface area contributed by atoms with Gasteiger partial charge in [-0.3, -0.25) is 20.2 Å². The molecule has 1 saturated heterocycles. The zero-order valence-electron chi connectivity index (χ0n) is 15.1. The second-order valence-electron chi connectivity index (χ2n) is 6.41. The van der Waals surface area contributed by atoms with E-state index in [1.54, 1.807) is 18.2 Å². The minimum atomic E-state index is -0.824. The van der Waals surface area contributed by atoms with E-state index >= 15 is 0 Å². The summed E-state index contributed by atoms with van der Waals surface area (Å²) >= 11 is 3.47. The lowest BCUT2D eigenvalue weighted by molar-refractivity contribution is -0.123. The molecule has 7 heteroatoms. The normalized spacial score (nSPS) is 13.8. The van der Waals surface area contributed by atoms with Crippen molar-refractivity contribution in [2.24, 2.45) is 0 Å². The molecule has 0 saturated carbocycles. The first-order chi connectivity index (χ1) is 14.0. The third-order valence-corrected chi connectivity index (χ3v) is 5.09. The van der Waals surface area contributed by atoms with Gasteiger partial charge in [0.2, 0.25) is 0 Å². The van der Waals surface area contributed by atoms with Gasteiger partial charge in [-0.05, 0) is 56.0 Å². The van der Waals surface area contributed by atoms with Crippen LogP contribution in [-0.4, -0.2) is 17.8 Å². The fourth-order valence-corrected chi connectivity index (χ4v) is 3.58. The van der Waals surface area contributed by atoms with Crippen molar-refractivity contribution < 1.29 is 19.1 Å². The second-order valence-corrected chi connectivity index (χ2v) is 7.27. The number of carbonyl (C=O) groups excluding carboxylic acids is 3. The largest absolute Gasteiger partial charge is 0.488 e. The number of hydrogen-bond donors (Lipinski definition) is 2. The van der Waals surface area contributed by atoms with Crippen LogP contribution in [0, 0.1) is 0 Å². The van der Waals surface area contributed by atoms with Crippen molar-refractivity contribution in [3.63, 3.8) is 0 Å². The van der Waals surface area contributed by atoms with Crippen LogP contribution < -0.4 is 15.4 Å². The number of fused-ring (bicyclic) bond motifs is 1. The van der Waals surface area contributed by atoms with E-state index in [1.165, 1.54) is 6.08 Å². The first-order valence-electron chi connectivity index (χ1n) is 8.78. The summed E-state index contributed by atoms with van der Waals surface area (Å²) in [5, 5.41) is 6.37. The van der Waals surface area contributed by atoms with Crippen molar-refractivity contribution in [2.75, 3.05) is 0 Å². The Hall–Kier alpha value is -3.45. The maximum atomic E-state index is 11.8. The van der Waals surface area contributed by atoms with E-state index in [0.717, 1.165) is 16.3 Å². The highest BCUT2D eigenvalue weighted by atomic mass is 79.9. The van der Waals surface area contributed by atoms with E-state index in [4.69, 9.17) is 4.74 Å². The lowest BCUT2D eigenvalue weighted by Crippen LogP contribution is -2.51. The van der Waals surface area contributed by atoms with Crippen LogP contribution in [0.3, 0.4) is 0 Å². The molecule has 0 aromatic heterocycles. The number of benzene rings is 3. The highest BCUT2D eigenvalue weighted by Gasteiger charge is 2.27. The zero-order chi connectivity index (χ0) is 20.4. The van der Waals surface area contributed by atoms with Crippen molar-refractivity contribution >= 4 is 50.6 Å². The molecule has 3 aromatic rings. The van der Waals surface area contributed by atoms with Gasteiger partial charge in [-0.25, -0.2) is 4.79 Å². The number of hydrogen-bond acceptors (Lipinski definition) is 4. The minimum absolute atomic E-state index is 0.138. The Morgan fingerprint density at radius 1 is 0.897 bits per heavy atom. The van der Waals surface area contributed by atoms with Crippen molar-refractivity contribution in [3.8, 4) is 5.75 Å². The van der Waals surface area contributed by atoms with Crippen LogP contribution in [0.15, 0.2) is 70.7 Å². The Morgan fingerprint density at radius 2 is 1.62 bits per heavy atom. The van der Waals surface area contributed by atoms with E-state index in [-0.39, 0.29) is 5.57 Å². The summed E-state index contributed by atoms with van der Waals surface area (Å²) in [5.41, 5.74) is 1.55. The number of nitrogens with one attached hydrogen (secondary N) is 2. The van der Waals surface area contributed by atoms with E-state index in [9.17, 15) is 14.4 Å². The Balaban J connectivity index is 1.53. The van der Waals surface area contributed by atoms with Crippen LogP contribution in [0.2, 0.25) is 0 Å². The van der Waals surface area contributed by atoms with Gasteiger partial charge in [0.25, 0.3) is 11.8 Å². The first-order valence-corrected chi connectivity index (χ1v) is 9.58. The van der Waals surface area contributed by atoms with E-state index in [0.29, 0.717) is 22.4 Å². The van der Waals surface area contributed by atoms with Crippen LogP contribution >= 0.6 is 15.9 Å². The molecule has 1 aliphatic rings. The molecule has 0 radical (unpaired) electrons. The number of barbiturate groups is 1. The molecule has 0 unspecified atom stereocenters. The predicted molar refractivity (Wildman–Crippen MR) is 112 cm³/mol. The molecule has 0 bridgehead atoms. The molecule has 2 N–H and O–H groups in total. The molecule has 0 aliphatic carbocycles. The number of urea groups is 1. The van der Waals surface area contributed by atoms with Crippen molar-refractivity contribution in [1.82, 2.24) is 10.6 Å². The average Bonchev–Trinajstić information content (AvgIpc) is 2.70. The van der Waals surface area contributed by atoms with E-state index < -0.39 is 17.8 Å². The van der Waals surface area contributed by atoms with E-state index in [2.05, 4.69) is 34.1 Å². The standard InChI is InChI=1S/C22H15BrN2O4/c23-18-11-13(10-17-20(26)24-22(28)25-21(17)27)8-9-19(18)29-12-15-6-3-5-14-4-1-2-7-16(14)15/h1-11H,12H2,(H2,24,25,26,27,28). The van der Waals surface area contributed by atoms with Gasteiger partial charge in [-0.2, -0.15) is 0 Å². The molecule has 1 fully saturated rings. The van der Waals surface area contributed by atoms with Gasteiger partial charge in [0, 0.05) is 0 Å². The Bertz CT molecular complexity index is 1160. The van der Waals surface area contributed by atoms with Gasteiger partial charge >= 0.3 is 6.03 Å². The molecule has 144 valence electrons. The third kappa shape index (κ3) is 4.05. The SMILES string of the molecule is O=C1NC(=O)C(=Cc2ccc(OCc3cccc4ccccc34)c(Br)c2)C(=O)N1. The average molecular weight is 451 g/mol. The van der Waals surface area contributed by atoms with Crippen LogP contribution in [0.25, 0.3) is 16.8 Å². The summed E-state index contributed by atoms with van der Waals surface area (Å²) < 4.78 is 6.64. The number of amides is 4. The molecule has 29 heavy (non-hydrogen) atoms. The second kappa shape index (κ2) is 7.89. The topological polar surface area (TPSA) is 84.5 Å². The van der Waals surface area contributed by atoms with Crippen LogP contribution in [0.5, 0.6) is 5.75 Å². The lowest BCUT2D eigenvalue weighted by Gasteiger charge is -2.14. The van der Waals surface area contributed by atoms with Gasteiger partial charge in [0.05, 0.1) is 4.47 Å². The third-order valence-electron chi connectivity index (χ3n) is 4.47. The van der Waals surface area contributed by atoms with Crippen LogP contribution in [-0.2, 0) is 16.2 Å². The van der Waals surface area contributed by atoms with E-state index in [1.807, 2.05) is 34.9 Å². The quantitative estimate of drug-likeness (QED) is 0.465. The maximum absolute atomic E-state index is 11.8. The van der Waals surface area contributed by atoms with Gasteiger partial charge in [-0.1, -0.05) is 48.5 Å². The predicted octanol–water partition coefficient (Wildman–Crippen LogP) is 3.93. The van der Waals surface area contributed by atoms with Crippen molar-refractivity contribution in [1.29, 1.82) is 0 Å². The number of imide groups is 2. The maximum Gasteiger partial charge on any atom is 0.328 e. The molecular weight excluding hydrogens is 436 g/mol. The first kappa shape index (κ1) is 18.9. The Morgan fingerprint density at radius 3 is 2.38 bits per heavy atom. The fraction of sp³-hybridized carbons (Fsp3) is 0.0455. The molecule has 3 aromatic carbocycles. The molecule has 0 atom stereocenters. The summed E-state index contributed by atoms with van der Waals surface area (Å²) in [5.74, 6) is -0.829. The highest BCUT2D eigenvalue weighted by molar-refractivity contribution is 9.10. The summed E-state index contributed by atoms with van der Waals surface area (Å²) in [7, 11) is 0. The molecule has 6 nitrogen and oxygen atoms in total. The molecular formula is C22H15BrN2O4. The minimum Gasteiger partial charge on any atom is -0.488 e. The number of rotatable bonds is 4. The summed E-state index contributed by atoms with van der Waals surface area (Å²) in [6, 6.07) is 18.6. The fourth-order valence-electron chi connectivity index (χ4n) is 3.07. The summed E-state index contributed by atoms with van der Waals surface area (Å²) in [6.45, 7) is 0.396. The lowest BCUT2D eigenvalue weighted by atomic mass is 10.1. The van der Waals surface area contributed by atoms with Crippen LogP contribution in [0.4, 0.5) is 4.79 Å². The molecule has 0 spiro atoms. The zero-order valence-corrected chi connectivity index (χ0v) is 16.7. The highest BCUT2D eigenvalue weighted by Crippen LogP contribution is 2.29. The Labute approximate surface area is 174 Å². The number of carbonyl (C=O) groups is 3. The molecule has 1 heterocycles. The molecule has 4 rings (SSSR count). The molecule has 4 amide bonds. The van der Waals surface area contributed by atoms with Gasteiger partial charge in [0.1, 0.15) is 17.9 Å². The smallest absolute Gasteiger partial charge is 0.328 e. The summed E-state index contributed by atoms with van der Waals surface area (Å²) in [6.07, 6.45) is 1.41. The van der Waals surface area contributed by atoms with Crippen molar-refractivity contribution in [3.05, 3.63) is 81.8 Å². The summed E-state index contributed by atoms with van der Waals surface area (Å²) in [4.78, 5) is 34.8. The van der Waals surface area contributed by atoms with Gasteiger partial charge in [0.15, 0.2) is 0 Å².